The number of aryl methyl sites for hydroxylation is 1. The van der Waals surface area contributed by atoms with Crippen molar-refractivity contribution < 1.29 is 13.2 Å². The molecule has 22 heavy (non-hydrogen) atoms. The highest BCUT2D eigenvalue weighted by molar-refractivity contribution is 7.88. The van der Waals surface area contributed by atoms with Crippen LogP contribution in [0.5, 0.6) is 0 Å². The number of hydrogen-bond acceptors (Lipinski definition) is 5. The van der Waals surface area contributed by atoms with Crippen LogP contribution < -0.4 is 5.32 Å². The summed E-state index contributed by atoms with van der Waals surface area (Å²) < 4.78 is 26.5. The van der Waals surface area contributed by atoms with E-state index >= 15 is 0 Å². The molecule has 0 radical (unpaired) electrons. The first-order chi connectivity index (χ1) is 10.2. The summed E-state index contributed by atoms with van der Waals surface area (Å²) in [5, 5.41) is 6.92. The SMILES string of the molecule is CN(C)C[C@@H]1CN(S(C)(=O)=O)C[C@H]1NC(=O)c1ccnn1C. The normalized spacial score (nSPS) is 23.1. The minimum Gasteiger partial charge on any atom is -0.346 e. The molecule has 0 saturated carbocycles. The number of aromatic nitrogens is 2. The number of hydrogen-bond donors (Lipinski definition) is 1. The van der Waals surface area contributed by atoms with Crippen LogP contribution in [0.4, 0.5) is 0 Å². The lowest BCUT2D eigenvalue weighted by Gasteiger charge is -2.22. The van der Waals surface area contributed by atoms with E-state index in [4.69, 9.17) is 0 Å². The van der Waals surface area contributed by atoms with E-state index < -0.39 is 10.0 Å². The van der Waals surface area contributed by atoms with Gasteiger partial charge in [-0.3, -0.25) is 9.48 Å². The number of nitrogens with one attached hydrogen (secondary N) is 1. The standard InChI is InChI=1S/C13H23N5O3S/c1-16(2)7-10-8-18(22(4,20)21)9-11(10)15-13(19)12-5-6-14-17(12)3/h5-6,10-11H,7-9H2,1-4H3,(H,15,19)/t10-,11-/m1/s1. The van der Waals surface area contributed by atoms with Crippen LogP contribution in [-0.4, -0.2) is 79.3 Å². The maximum atomic E-state index is 12.3. The van der Waals surface area contributed by atoms with Crippen LogP contribution >= 0.6 is 0 Å². The minimum absolute atomic E-state index is 0.0573. The Morgan fingerprint density at radius 1 is 1.45 bits per heavy atom. The first-order valence-corrected chi connectivity index (χ1v) is 8.92. The molecular weight excluding hydrogens is 306 g/mol. The van der Waals surface area contributed by atoms with Crippen molar-refractivity contribution in [2.75, 3.05) is 40.0 Å². The Kier molecular flexibility index (Phi) is 4.88. The molecule has 0 aliphatic carbocycles. The van der Waals surface area contributed by atoms with Gasteiger partial charge in [-0.2, -0.15) is 9.40 Å². The molecule has 1 aromatic heterocycles. The third-order valence-corrected chi connectivity index (χ3v) is 5.08. The van der Waals surface area contributed by atoms with Gasteiger partial charge >= 0.3 is 0 Å². The summed E-state index contributed by atoms with van der Waals surface area (Å²) in [4.78, 5) is 14.3. The van der Waals surface area contributed by atoms with Gasteiger partial charge in [0.2, 0.25) is 10.0 Å². The Hall–Kier alpha value is -1.45. The summed E-state index contributed by atoms with van der Waals surface area (Å²) in [6, 6.07) is 1.43. The summed E-state index contributed by atoms with van der Waals surface area (Å²) in [6.07, 6.45) is 2.76. The fourth-order valence-corrected chi connectivity index (χ4v) is 3.65. The Balaban J connectivity index is 2.12. The van der Waals surface area contributed by atoms with Crippen molar-refractivity contribution in [2.45, 2.75) is 6.04 Å². The van der Waals surface area contributed by atoms with Crippen molar-refractivity contribution in [2.24, 2.45) is 13.0 Å². The van der Waals surface area contributed by atoms with E-state index in [1.165, 1.54) is 15.2 Å². The molecular formula is C13H23N5O3S. The first kappa shape index (κ1) is 16.9. The second-order valence-corrected chi connectivity index (χ2v) is 8.00. The van der Waals surface area contributed by atoms with Gasteiger partial charge in [-0.15, -0.1) is 0 Å². The van der Waals surface area contributed by atoms with Gasteiger partial charge in [0.1, 0.15) is 5.69 Å². The fraction of sp³-hybridized carbons (Fsp3) is 0.692. The predicted octanol–water partition coefficient (Wildman–Crippen LogP) is -1.03. The lowest BCUT2D eigenvalue weighted by molar-refractivity contribution is 0.0917. The smallest absolute Gasteiger partial charge is 0.269 e. The molecule has 1 aliphatic heterocycles. The third-order valence-electron chi connectivity index (χ3n) is 3.85. The highest BCUT2D eigenvalue weighted by atomic mass is 32.2. The molecule has 124 valence electrons. The predicted molar refractivity (Wildman–Crippen MR) is 82.9 cm³/mol. The summed E-state index contributed by atoms with van der Waals surface area (Å²) in [7, 11) is 2.31. The molecule has 8 nitrogen and oxygen atoms in total. The highest BCUT2D eigenvalue weighted by Crippen LogP contribution is 2.20. The molecule has 0 unspecified atom stereocenters. The molecule has 9 heteroatoms. The lowest BCUT2D eigenvalue weighted by Crippen LogP contribution is -2.44. The summed E-state index contributed by atoms with van der Waals surface area (Å²) in [5.41, 5.74) is 0.460. The van der Waals surface area contributed by atoms with Gasteiger partial charge in [0.05, 0.1) is 6.26 Å². The largest absolute Gasteiger partial charge is 0.346 e. The molecule has 1 N–H and O–H groups in total. The van der Waals surface area contributed by atoms with Crippen molar-refractivity contribution in [3.63, 3.8) is 0 Å². The van der Waals surface area contributed by atoms with Crippen molar-refractivity contribution in [3.8, 4) is 0 Å². The fourth-order valence-electron chi connectivity index (χ4n) is 2.76. The summed E-state index contributed by atoms with van der Waals surface area (Å²) in [5.74, 6) is -0.175. The van der Waals surface area contributed by atoms with Gasteiger partial charge < -0.3 is 10.2 Å². The Labute approximate surface area is 131 Å². The molecule has 1 amide bonds. The number of sulfonamides is 1. The molecule has 2 atom stereocenters. The molecule has 1 aromatic rings. The topological polar surface area (TPSA) is 87.5 Å². The Morgan fingerprint density at radius 3 is 2.64 bits per heavy atom. The van der Waals surface area contributed by atoms with E-state index in [1.54, 1.807) is 19.3 Å². The molecule has 2 heterocycles. The Bertz CT molecular complexity index is 640. The zero-order valence-electron chi connectivity index (χ0n) is 13.4. The van der Waals surface area contributed by atoms with Crippen LogP contribution in [0.15, 0.2) is 12.3 Å². The van der Waals surface area contributed by atoms with Gasteiger partial charge in [0, 0.05) is 44.8 Å². The molecule has 1 fully saturated rings. The average molecular weight is 329 g/mol. The van der Waals surface area contributed by atoms with E-state index in [0.29, 0.717) is 25.3 Å². The number of nitrogens with zero attached hydrogens (tertiary/aromatic N) is 4. The van der Waals surface area contributed by atoms with Gasteiger partial charge in [0.25, 0.3) is 5.91 Å². The zero-order valence-corrected chi connectivity index (χ0v) is 14.2. The average Bonchev–Trinajstić information content (AvgIpc) is 2.95. The number of carbonyl (C=O) groups excluding carboxylic acids is 1. The van der Waals surface area contributed by atoms with Crippen LogP contribution in [0.2, 0.25) is 0 Å². The molecule has 1 aliphatic rings. The van der Waals surface area contributed by atoms with Gasteiger partial charge in [-0.25, -0.2) is 8.42 Å². The number of rotatable bonds is 5. The van der Waals surface area contributed by atoms with E-state index in [2.05, 4.69) is 10.4 Å². The lowest BCUT2D eigenvalue weighted by atomic mass is 10.0. The first-order valence-electron chi connectivity index (χ1n) is 7.07. The second-order valence-electron chi connectivity index (χ2n) is 6.02. The molecule has 0 spiro atoms. The van der Waals surface area contributed by atoms with E-state index in [9.17, 15) is 13.2 Å². The molecule has 0 aromatic carbocycles. The maximum absolute atomic E-state index is 12.3. The van der Waals surface area contributed by atoms with Crippen LogP contribution in [0.25, 0.3) is 0 Å². The quantitative estimate of drug-likeness (QED) is 0.746. The maximum Gasteiger partial charge on any atom is 0.269 e. The van der Waals surface area contributed by atoms with E-state index in [0.717, 1.165) is 0 Å². The second kappa shape index (κ2) is 6.35. The van der Waals surface area contributed by atoms with Crippen LogP contribution in [0.1, 0.15) is 10.5 Å². The molecule has 1 saturated heterocycles. The third kappa shape index (κ3) is 3.84. The van der Waals surface area contributed by atoms with Crippen molar-refractivity contribution in [1.82, 2.24) is 24.3 Å². The van der Waals surface area contributed by atoms with Crippen molar-refractivity contribution >= 4 is 15.9 Å². The van der Waals surface area contributed by atoms with Gasteiger partial charge in [0.15, 0.2) is 0 Å². The van der Waals surface area contributed by atoms with E-state index in [-0.39, 0.29) is 17.9 Å². The van der Waals surface area contributed by atoms with Gasteiger partial charge in [-0.05, 0) is 20.2 Å². The molecule has 0 bridgehead atoms. The monoisotopic (exact) mass is 329 g/mol. The number of carbonyl (C=O) groups is 1. The Morgan fingerprint density at radius 2 is 2.14 bits per heavy atom. The molecule has 2 rings (SSSR count). The number of amides is 1. The zero-order chi connectivity index (χ0) is 16.5. The van der Waals surface area contributed by atoms with Gasteiger partial charge in [-0.1, -0.05) is 0 Å². The van der Waals surface area contributed by atoms with Crippen LogP contribution in [-0.2, 0) is 17.1 Å². The van der Waals surface area contributed by atoms with Crippen molar-refractivity contribution in [1.29, 1.82) is 0 Å². The summed E-state index contributed by atoms with van der Waals surface area (Å²) >= 11 is 0. The highest BCUT2D eigenvalue weighted by Gasteiger charge is 2.38. The van der Waals surface area contributed by atoms with Crippen LogP contribution in [0, 0.1) is 5.92 Å². The minimum atomic E-state index is -3.26. The van der Waals surface area contributed by atoms with Crippen LogP contribution in [0.3, 0.4) is 0 Å². The van der Waals surface area contributed by atoms with E-state index in [1.807, 2.05) is 19.0 Å². The van der Waals surface area contributed by atoms with Crippen molar-refractivity contribution in [3.05, 3.63) is 18.0 Å². The summed E-state index contributed by atoms with van der Waals surface area (Å²) in [6.45, 7) is 1.44.